The summed E-state index contributed by atoms with van der Waals surface area (Å²) in [5.74, 6) is 0.687. The highest BCUT2D eigenvalue weighted by molar-refractivity contribution is 5.69. The third-order valence-corrected chi connectivity index (χ3v) is 4.84. The van der Waals surface area contributed by atoms with Crippen molar-refractivity contribution in [3.63, 3.8) is 0 Å². The standard InChI is InChI=1S/C21H24F3NO/c1-2-16-5-10-19(20(15-16)21(22,23)24)17-6-8-18(9-7-17)26-14-13-25-11-3-4-12-25/h5-10,15H,2-4,11-14H2,1H3. The molecule has 0 amide bonds. The number of benzene rings is 2. The van der Waals surface area contributed by atoms with Crippen molar-refractivity contribution >= 4 is 0 Å². The van der Waals surface area contributed by atoms with Gasteiger partial charge in [0.25, 0.3) is 0 Å². The van der Waals surface area contributed by atoms with Crippen molar-refractivity contribution in [1.82, 2.24) is 4.90 Å². The van der Waals surface area contributed by atoms with Crippen molar-refractivity contribution in [2.75, 3.05) is 26.2 Å². The van der Waals surface area contributed by atoms with Crippen LogP contribution in [0.4, 0.5) is 13.2 Å². The van der Waals surface area contributed by atoms with Gasteiger partial charge in [-0.1, -0.05) is 31.2 Å². The second-order valence-corrected chi connectivity index (χ2v) is 6.65. The molecule has 0 bridgehead atoms. The van der Waals surface area contributed by atoms with Crippen LogP contribution >= 0.6 is 0 Å². The fourth-order valence-electron chi connectivity index (χ4n) is 3.33. The Balaban J connectivity index is 1.71. The average Bonchev–Trinajstić information content (AvgIpc) is 3.14. The summed E-state index contributed by atoms with van der Waals surface area (Å²) < 4.78 is 46.0. The molecule has 1 saturated heterocycles. The number of rotatable bonds is 6. The summed E-state index contributed by atoms with van der Waals surface area (Å²) >= 11 is 0. The van der Waals surface area contributed by atoms with Gasteiger partial charge in [-0.2, -0.15) is 13.2 Å². The Bertz CT molecular complexity index is 719. The van der Waals surface area contributed by atoms with Crippen LogP contribution in [0.25, 0.3) is 11.1 Å². The van der Waals surface area contributed by atoms with Crippen molar-refractivity contribution in [2.24, 2.45) is 0 Å². The minimum absolute atomic E-state index is 0.207. The van der Waals surface area contributed by atoms with Crippen LogP contribution in [0.5, 0.6) is 5.75 Å². The van der Waals surface area contributed by atoms with Gasteiger partial charge in [-0.25, -0.2) is 0 Å². The van der Waals surface area contributed by atoms with Gasteiger partial charge in [-0.3, -0.25) is 4.90 Å². The van der Waals surface area contributed by atoms with Crippen molar-refractivity contribution in [1.29, 1.82) is 0 Å². The van der Waals surface area contributed by atoms with Gasteiger partial charge < -0.3 is 4.74 Å². The molecule has 0 aromatic heterocycles. The van der Waals surface area contributed by atoms with Gasteiger partial charge in [0.2, 0.25) is 0 Å². The van der Waals surface area contributed by atoms with E-state index in [2.05, 4.69) is 4.90 Å². The maximum absolute atomic E-state index is 13.4. The van der Waals surface area contributed by atoms with Crippen molar-refractivity contribution in [3.05, 3.63) is 53.6 Å². The van der Waals surface area contributed by atoms with Gasteiger partial charge in [0, 0.05) is 6.54 Å². The lowest BCUT2D eigenvalue weighted by atomic mass is 9.96. The molecule has 1 aliphatic heterocycles. The lowest BCUT2D eigenvalue weighted by Crippen LogP contribution is -2.25. The van der Waals surface area contributed by atoms with Crippen LogP contribution in [0.3, 0.4) is 0 Å². The fraction of sp³-hybridized carbons (Fsp3) is 0.429. The maximum Gasteiger partial charge on any atom is 0.417 e. The molecule has 1 heterocycles. The van der Waals surface area contributed by atoms with Crippen LogP contribution in [0.2, 0.25) is 0 Å². The van der Waals surface area contributed by atoms with Crippen LogP contribution in [0.1, 0.15) is 30.9 Å². The molecule has 1 aliphatic rings. The SMILES string of the molecule is CCc1ccc(-c2ccc(OCCN3CCCC3)cc2)c(C(F)(F)F)c1. The molecule has 2 aromatic carbocycles. The third kappa shape index (κ3) is 4.58. The number of halogens is 3. The second-order valence-electron chi connectivity index (χ2n) is 6.65. The fourth-order valence-corrected chi connectivity index (χ4v) is 3.33. The van der Waals surface area contributed by atoms with E-state index in [4.69, 9.17) is 4.74 Å². The van der Waals surface area contributed by atoms with Gasteiger partial charge in [0.1, 0.15) is 12.4 Å². The molecular weight excluding hydrogens is 339 g/mol. The molecule has 26 heavy (non-hydrogen) atoms. The van der Waals surface area contributed by atoms with E-state index in [1.54, 1.807) is 36.4 Å². The highest BCUT2D eigenvalue weighted by atomic mass is 19.4. The molecule has 0 spiro atoms. The molecule has 0 atom stereocenters. The molecule has 0 unspecified atom stereocenters. The number of hydrogen-bond donors (Lipinski definition) is 0. The lowest BCUT2D eigenvalue weighted by molar-refractivity contribution is -0.137. The predicted octanol–water partition coefficient (Wildman–Crippen LogP) is 5.41. The summed E-state index contributed by atoms with van der Waals surface area (Å²) in [4.78, 5) is 2.36. The molecule has 2 nitrogen and oxygen atoms in total. The predicted molar refractivity (Wildman–Crippen MR) is 97.4 cm³/mol. The summed E-state index contributed by atoms with van der Waals surface area (Å²) in [6, 6.07) is 11.4. The number of ether oxygens (including phenoxy) is 1. The van der Waals surface area contributed by atoms with Gasteiger partial charge in [0.05, 0.1) is 5.56 Å². The first-order valence-corrected chi connectivity index (χ1v) is 9.13. The van der Waals surface area contributed by atoms with Crippen LogP contribution in [0.15, 0.2) is 42.5 Å². The summed E-state index contributed by atoms with van der Waals surface area (Å²) in [5.41, 5.74) is 0.854. The second kappa shape index (κ2) is 8.12. The largest absolute Gasteiger partial charge is 0.492 e. The average molecular weight is 363 g/mol. The molecule has 0 N–H and O–H groups in total. The van der Waals surface area contributed by atoms with E-state index in [-0.39, 0.29) is 5.56 Å². The van der Waals surface area contributed by atoms with E-state index in [1.807, 2.05) is 6.92 Å². The Hall–Kier alpha value is -2.01. The molecule has 0 radical (unpaired) electrons. The highest BCUT2D eigenvalue weighted by Crippen LogP contribution is 2.38. The zero-order valence-electron chi connectivity index (χ0n) is 15.0. The van der Waals surface area contributed by atoms with Gasteiger partial charge in [-0.15, -0.1) is 0 Å². The molecule has 0 saturated carbocycles. The molecule has 0 aliphatic carbocycles. The van der Waals surface area contributed by atoms with Crippen molar-refractivity contribution in [3.8, 4) is 16.9 Å². The number of likely N-dealkylation sites (tertiary alicyclic amines) is 1. The van der Waals surface area contributed by atoms with E-state index in [0.29, 0.717) is 29.9 Å². The summed E-state index contributed by atoms with van der Waals surface area (Å²) in [6.45, 7) is 5.58. The van der Waals surface area contributed by atoms with Gasteiger partial charge >= 0.3 is 6.18 Å². The Kier molecular flexibility index (Phi) is 5.87. The van der Waals surface area contributed by atoms with Crippen LogP contribution in [-0.4, -0.2) is 31.1 Å². The minimum atomic E-state index is -4.37. The van der Waals surface area contributed by atoms with E-state index >= 15 is 0 Å². The summed E-state index contributed by atoms with van der Waals surface area (Å²) in [5, 5.41) is 0. The number of nitrogens with zero attached hydrogens (tertiary/aromatic N) is 1. The summed E-state index contributed by atoms with van der Waals surface area (Å²) in [7, 11) is 0. The van der Waals surface area contributed by atoms with Gasteiger partial charge in [0.15, 0.2) is 0 Å². The Morgan fingerprint density at radius 3 is 2.31 bits per heavy atom. The highest BCUT2D eigenvalue weighted by Gasteiger charge is 2.33. The van der Waals surface area contributed by atoms with E-state index in [0.717, 1.165) is 19.6 Å². The normalized spacial score (nSPS) is 15.4. The molecule has 140 valence electrons. The van der Waals surface area contributed by atoms with Crippen LogP contribution in [0, 0.1) is 0 Å². The molecular formula is C21H24F3NO. The Morgan fingerprint density at radius 1 is 1.00 bits per heavy atom. The first kappa shape index (κ1) is 18.8. The molecule has 5 heteroatoms. The first-order chi connectivity index (χ1) is 12.5. The van der Waals surface area contributed by atoms with Crippen LogP contribution < -0.4 is 4.74 Å². The van der Waals surface area contributed by atoms with Crippen molar-refractivity contribution in [2.45, 2.75) is 32.4 Å². The molecule has 3 rings (SSSR count). The van der Waals surface area contributed by atoms with Crippen molar-refractivity contribution < 1.29 is 17.9 Å². The summed E-state index contributed by atoms with van der Waals surface area (Å²) in [6.07, 6.45) is -1.31. The lowest BCUT2D eigenvalue weighted by Gasteiger charge is -2.16. The zero-order valence-corrected chi connectivity index (χ0v) is 15.0. The monoisotopic (exact) mass is 363 g/mol. The zero-order chi connectivity index (χ0) is 18.6. The minimum Gasteiger partial charge on any atom is -0.492 e. The van der Waals surface area contributed by atoms with E-state index in [9.17, 15) is 13.2 Å². The van der Waals surface area contributed by atoms with E-state index in [1.165, 1.54) is 18.9 Å². The third-order valence-electron chi connectivity index (χ3n) is 4.84. The topological polar surface area (TPSA) is 12.5 Å². The smallest absolute Gasteiger partial charge is 0.417 e. The van der Waals surface area contributed by atoms with Gasteiger partial charge in [-0.05, 0) is 67.2 Å². The number of aryl methyl sites for hydroxylation is 1. The molecule has 1 fully saturated rings. The molecule has 2 aromatic rings. The first-order valence-electron chi connectivity index (χ1n) is 9.13. The maximum atomic E-state index is 13.4. The number of hydrogen-bond acceptors (Lipinski definition) is 2. The quantitative estimate of drug-likeness (QED) is 0.680. The van der Waals surface area contributed by atoms with Crippen LogP contribution in [-0.2, 0) is 12.6 Å². The Labute approximate surface area is 152 Å². The van der Waals surface area contributed by atoms with E-state index < -0.39 is 11.7 Å². The number of alkyl halides is 3. The Morgan fingerprint density at radius 2 is 1.69 bits per heavy atom.